The summed E-state index contributed by atoms with van der Waals surface area (Å²) in [4.78, 5) is 22.3. The van der Waals surface area contributed by atoms with Gasteiger partial charge in [0.25, 0.3) is 0 Å². The van der Waals surface area contributed by atoms with Crippen LogP contribution in [-0.4, -0.2) is 43.8 Å². The first kappa shape index (κ1) is 18.8. The van der Waals surface area contributed by atoms with E-state index in [2.05, 4.69) is 25.7 Å². The number of ether oxygens (including phenoxy) is 1. The molecule has 2 N–H and O–H groups in total. The molecule has 1 atom stereocenters. The molecule has 9 nitrogen and oxygen atoms in total. The van der Waals surface area contributed by atoms with Gasteiger partial charge in [0.1, 0.15) is 11.0 Å². The van der Waals surface area contributed by atoms with Crippen molar-refractivity contribution in [1.29, 1.82) is 0 Å². The third-order valence-electron chi connectivity index (χ3n) is 3.20. The summed E-state index contributed by atoms with van der Waals surface area (Å²) in [5.41, 5.74) is 0.755. The van der Waals surface area contributed by atoms with Gasteiger partial charge in [0, 0.05) is 6.07 Å². The number of carboxylic acids is 1. The monoisotopic (exact) mass is 405 g/mol. The molecule has 0 saturated carbocycles. The second kappa shape index (κ2) is 8.60. The minimum Gasteiger partial charge on any atom is -0.481 e. The highest BCUT2D eigenvalue weighted by molar-refractivity contribution is 8.15. The number of hydrogen-bond acceptors (Lipinski definition) is 8. The number of hydrogen-bond donors (Lipinski definition) is 2. The molecule has 1 saturated heterocycles. The van der Waals surface area contributed by atoms with Crippen LogP contribution in [0, 0.1) is 0 Å². The summed E-state index contributed by atoms with van der Waals surface area (Å²) < 4.78 is 5.53. The van der Waals surface area contributed by atoms with E-state index >= 15 is 0 Å². The summed E-state index contributed by atoms with van der Waals surface area (Å²) in [6.07, 6.45) is 1.23. The highest BCUT2D eigenvalue weighted by atomic mass is 35.5. The van der Waals surface area contributed by atoms with Gasteiger partial charge in [-0.15, -0.1) is 15.3 Å². The fraction of sp³-hybridized carbons (Fsp3) is 0.125. The first-order valence-corrected chi connectivity index (χ1v) is 8.83. The maximum atomic E-state index is 11.6. The van der Waals surface area contributed by atoms with Gasteiger partial charge in [-0.25, -0.2) is 0 Å². The van der Waals surface area contributed by atoms with Gasteiger partial charge in [0.2, 0.25) is 11.8 Å². The summed E-state index contributed by atoms with van der Waals surface area (Å²) in [6, 6.07) is 10.1. The lowest BCUT2D eigenvalue weighted by molar-refractivity contribution is -0.138. The van der Waals surface area contributed by atoms with Crippen molar-refractivity contribution in [3.8, 4) is 11.6 Å². The minimum absolute atomic E-state index is 0.265. The lowest BCUT2D eigenvalue weighted by atomic mass is 10.2. The van der Waals surface area contributed by atoms with Crippen LogP contribution in [-0.2, 0) is 9.59 Å². The Balaban J connectivity index is 1.57. The van der Waals surface area contributed by atoms with Gasteiger partial charge in [-0.05, 0) is 35.9 Å². The zero-order valence-corrected chi connectivity index (χ0v) is 15.1. The van der Waals surface area contributed by atoms with E-state index in [-0.39, 0.29) is 22.6 Å². The van der Waals surface area contributed by atoms with E-state index in [4.69, 9.17) is 21.4 Å². The molecule has 0 radical (unpaired) electrons. The second-order valence-corrected chi connectivity index (χ2v) is 6.79. The lowest BCUT2D eigenvalue weighted by Crippen LogP contribution is -2.26. The van der Waals surface area contributed by atoms with Crippen LogP contribution >= 0.6 is 23.4 Å². The van der Waals surface area contributed by atoms with Crippen LogP contribution in [0.3, 0.4) is 0 Å². The Morgan fingerprint density at radius 2 is 2.07 bits per heavy atom. The van der Waals surface area contributed by atoms with E-state index in [0.29, 0.717) is 11.6 Å². The molecule has 2 aromatic rings. The number of carbonyl (C=O) groups excluding carboxylic acids is 1. The number of rotatable bonds is 6. The molecule has 3 rings (SSSR count). The number of nitrogens with one attached hydrogen (secondary N) is 1. The Bertz CT molecular complexity index is 902. The normalized spacial score (nSPS) is 18.0. The molecular weight excluding hydrogens is 394 g/mol. The van der Waals surface area contributed by atoms with Crippen LogP contribution in [0.15, 0.2) is 46.6 Å². The van der Waals surface area contributed by atoms with Crippen molar-refractivity contribution < 1.29 is 19.4 Å². The van der Waals surface area contributed by atoms with Gasteiger partial charge >= 0.3 is 5.97 Å². The molecule has 1 unspecified atom stereocenters. The maximum Gasteiger partial charge on any atom is 0.305 e. The van der Waals surface area contributed by atoms with E-state index in [1.54, 1.807) is 36.4 Å². The number of carboxylic acid groups (broad SMARTS) is 1. The molecule has 0 bridgehead atoms. The molecule has 138 valence electrons. The van der Waals surface area contributed by atoms with Crippen molar-refractivity contribution in [2.75, 3.05) is 0 Å². The van der Waals surface area contributed by atoms with Gasteiger partial charge in [0.05, 0.1) is 12.6 Å². The average molecular weight is 406 g/mol. The number of nitrogens with zero attached hydrogens (tertiary/aromatic N) is 4. The summed E-state index contributed by atoms with van der Waals surface area (Å²) in [7, 11) is 0. The van der Waals surface area contributed by atoms with Crippen LogP contribution in [0.4, 0.5) is 0 Å². The van der Waals surface area contributed by atoms with Gasteiger partial charge in [0.15, 0.2) is 10.3 Å². The standard InChI is InChI=1S/C16H12ClN5O4S/c17-12-5-6-13(21-20-12)26-10-3-1-9(2-4-10)8-18-22-16-19-15(25)11(27-16)7-14(23)24/h1-6,8,11H,7H2,(H,23,24)(H,19,22,25). The van der Waals surface area contributed by atoms with Crippen molar-refractivity contribution >= 4 is 46.6 Å². The predicted molar refractivity (Wildman–Crippen MR) is 100 cm³/mol. The smallest absolute Gasteiger partial charge is 0.305 e. The number of aromatic nitrogens is 2. The van der Waals surface area contributed by atoms with Gasteiger partial charge in [-0.1, -0.05) is 23.4 Å². The molecule has 0 spiro atoms. The van der Waals surface area contributed by atoms with E-state index in [1.807, 2.05) is 0 Å². The highest BCUT2D eigenvalue weighted by Crippen LogP contribution is 2.22. The number of halogens is 1. The largest absolute Gasteiger partial charge is 0.481 e. The average Bonchev–Trinajstić information content (AvgIpc) is 2.97. The maximum absolute atomic E-state index is 11.6. The topological polar surface area (TPSA) is 126 Å². The number of amides is 1. The minimum atomic E-state index is -1.04. The summed E-state index contributed by atoms with van der Waals surface area (Å²) in [5.74, 6) is -0.551. The van der Waals surface area contributed by atoms with Crippen molar-refractivity contribution in [2.24, 2.45) is 10.2 Å². The summed E-state index contributed by atoms with van der Waals surface area (Å²) >= 11 is 6.70. The second-order valence-electron chi connectivity index (χ2n) is 5.21. The van der Waals surface area contributed by atoms with Crippen molar-refractivity contribution in [3.05, 3.63) is 47.1 Å². The predicted octanol–water partition coefficient (Wildman–Crippen LogP) is 2.32. The molecule has 1 aliphatic heterocycles. The molecule has 1 amide bonds. The van der Waals surface area contributed by atoms with Crippen LogP contribution in [0.2, 0.25) is 5.15 Å². The molecule has 1 fully saturated rings. The molecule has 11 heteroatoms. The Morgan fingerprint density at radius 3 is 2.74 bits per heavy atom. The molecule has 2 heterocycles. The van der Waals surface area contributed by atoms with Crippen LogP contribution in [0.25, 0.3) is 0 Å². The highest BCUT2D eigenvalue weighted by Gasteiger charge is 2.32. The third-order valence-corrected chi connectivity index (χ3v) is 4.48. The molecule has 0 aliphatic carbocycles. The summed E-state index contributed by atoms with van der Waals surface area (Å²) in [5, 5.41) is 26.4. The van der Waals surface area contributed by atoms with Crippen molar-refractivity contribution in [2.45, 2.75) is 11.7 Å². The van der Waals surface area contributed by atoms with E-state index in [0.717, 1.165) is 17.3 Å². The van der Waals surface area contributed by atoms with E-state index < -0.39 is 11.2 Å². The van der Waals surface area contributed by atoms with E-state index in [9.17, 15) is 9.59 Å². The van der Waals surface area contributed by atoms with Crippen molar-refractivity contribution in [1.82, 2.24) is 15.5 Å². The third kappa shape index (κ3) is 5.50. The van der Waals surface area contributed by atoms with Gasteiger partial charge in [-0.3, -0.25) is 9.59 Å². The number of aliphatic carboxylic acids is 1. The van der Waals surface area contributed by atoms with E-state index in [1.165, 1.54) is 6.21 Å². The quantitative estimate of drug-likeness (QED) is 0.557. The molecule has 1 aromatic carbocycles. The molecule has 1 aromatic heterocycles. The lowest BCUT2D eigenvalue weighted by Gasteiger charge is -2.03. The fourth-order valence-corrected chi connectivity index (χ4v) is 3.01. The fourth-order valence-electron chi connectivity index (χ4n) is 1.99. The Morgan fingerprint density at radius 1 is 1.30 bits per heavy atom. The number of benzene rings is 1. The van der Waals surface area contributed by atoms with Crippen LogP contribution in [0.5, 0.6) is 11.6 Å². The Kier molecular flexibility index (Phi) is 5.99. The van der Waals surface area contributed by atoms with Gasteiger partial charge < -0.3 is 15.2 Å². The molecular formula is C16H12ClN5O4S. The zero-order chi connectivity index (χ0) is 19.2. The molecule has 27 heavy (non-hydrogen) atoms. The SMILES string of the molecule is O=C(O)CC1SC(=NN=Cc2ccc(Oc3ccc(Cl)nn3)cc2)NC1=O. The number of amidine groups is 1. The first-order valence-electron chi connectivity index (χ1n) is 7.57. The van der Waals surface area contributed by atoms with Gasteiger partial charge in [-0.2, -0.15) is 5.10 Å². The van der Waals surface area contributed by atoms with Crippen LogP contribution in [0.1, 0.15) is 12.0 Å². The zero-order valence-electron chi connectivity index (χ0n) is 13.6. The number of carbonyl (C=O) groups is 2. The molecule has 1 aliphatic rings. The Labute approximate surface area is 162 Å². The summed E-state index contributed by atoms with van der Waals surface area (Å²) in [6.45, 7) is 0. The van der Waals surface area contributed by atoms with Crippen molar-refractivity contribution in [3.63, 3.8) is 0 Å². The number of thioether (sulfide) groups is 1. The Hall–Kier alpha value is -2.98. The first-order chi connectivity index (χ1) is 13.0. The van der Waals surface area contributed by atoms with Crippen LogP contribution < -0.4 is 10.1 Å².